The van der Waals surface area contributed by atoms with E-state index in [1.165, 1.54) is 11.3 Å². The van der Waals surface area contributed by atoms with E-state index in [0.29, 0.717) is 5.69 Å². The number of carbonyl (C=O) groups is 1. The Kier molecular flexibility index (Phi) is 5.76. The molecular formula is C13H18F3N3O2S. The largest absolute Gasteiger partial charge is 0.401 e. The van der Waals surface area contributed by atoms with Gasteiger partial charge in [0.05, 0.1) is 37.0 Å². The van der Waals surface area contributed by atoms with Gasteiger partial charge in [-0.15, -0.1) is 11.3 Å². The maximum atomic E-state index is 12.5. The van der Waals surface area contributed by atoms with Crippen molar-refractivity contribution in [3.8, 4) is 0 Å². The van der Waals surface area contributed by atoms with Gasteiger partial charge < -0.3 is 10.1 Å². The summed E-state index contributed by atoms with van der Waals surface area (Å²) in [6.45, 7) is 1.35. The lowest BCUT2D eigenvalue weighted by Gasteiger charge is -2.34. The molecule has 1 aromatic heterocycles. The smallest absolute Gasteiger partial charge is 0.378 e. The maximum absolute atomic E-state index is 12.5. The number of halogens is 3. The van der Waals surface area contributed by atoms with Crippen molar-refractivity contribution in [1.29, 1.82) is 0 Å². The number of aromatic nitrogens is 1. The lowest BCUT2D eigenvalue weighted by molar-refractivity contribution is -0.166. The van der Waals surface area contributed by atoms with Crippen molar-refractivity contribution < 1.29 is 22.7 Å². The van der Waals surface area contributed by atoms with Crippen molar-refractivity contribution in [3.63, 3.8) is 0 Å². The average Bonchev–Trinajstić information content (AvgIpc) is 2.91. The van der Waals surface area contributed by atoms with E-state index in [0.717, 1.165) is 16.3 Å². The van der Waals surface area contributed by atoms with Gasteiger partial charge in [-0.25, -0.2) is 4.98 Å². The number of hydrogen-bond acceptors (Lipinski definition) is 5. The van der Waals surface area contributed by atoms with Gasteiger partial charge in [-0.3, -0.25) is 9.69 Å². The summed E-state index contributed by atoms with van der Waals surface area (Å²) in [5.41, 5.74) is 0.717. The standard InChI is InChI=1S/C13H18F3N3O2S/c1-2-11-18-9(7-22-11)5-17-12(20)10-6-21-4-3-19(10)8-13(14,15)16/h7,10H,2-6,8H2,1H3,(H,17,20)/t10-/m0/s1. The molecule has 22 heavy (non-hydrogen) atoms. The average molecular weight is 337 g/mol. The van der Waals surface area contributed by atoms with E-state index >= 15 is 0 Å². The Morgan fingerprint density at radius 2 is 2.36 bits per heavy atom. The highest BCUT2D eigenvalue weighted by Gasteiger charge is 2.38. The third-order valence-corrected chi connectivity index (χ3v) is 4.31. The fourth-order valence-electron chi connectivity index (χ4n) is 2.19. The van der Waals surface area contributed by atoms with Gasteiger partial charge in [-0.1, -0.05) is 6.92 Å². The molecule has 2 heterocycles. The molecule has 1 atom stereocenters. The van der Waals surface area contributed by atoms with Gasteiger partial charge >= 0.3 is 6.18 Å². The van der Waals surface area contributed by atoms with Crippen LogP contribution in [0.2, 0.25) is 0 Å². The zero-order chi connectivity index (χ0) is 16.2. The van der Waals surface area contributed by atoms with Crippen LogP contribution in [0.15, 0.2) is 5.38 Å². The first kappa shape index (κ1) is 17.2. The summed E-state index contributed by atoms with van der Waals surface area (Å²) in [6.07, 6.45) is -3.52. The molecule has 1 aliphatic heterocycles. The molecule has 5 nitrogen and oxygen atoms in total. The molecule has 124 valence electrons. The summed E-state index contributed by atoms with van der Waals surface area (Å²) in [7, 11) is 0. The van der Waals surface area contributed by atoms with Crippen LogP contribution in [-0.4, -0.2) is 54.3 Å². The number of nitrogens with one attached hydrogen (secondary N) is 1. The second-order valence-electron chi connectivity index (χ2n) is 4.98. The third kappa shape index (κ3) is 4.92. The Hall–Kier alpha value is -1.19. The Bertz CT molecular complexity index is 507. The fourth-order valence-corrected chi connectivity index (χ4v) is 2.93. The lowest BCUT2D eigenvalue weighted by atomic mass is 10.2. The highest BCUT2D eigenvalue weighted by Crippen LogP contribution is 2.20. The zero-order valence-corrected chi connectivity index (χ0v) is 13.0. The minimum atomic E-state index is -4.33. The summed E-state index contributed by atoms with van der Waals surface area (Å²) < 4.78 is 42.8. The van der Waals surface area contributed by atoms with Crippen molar-refractivity contribution in [1.82, 2.24) is 15.2 Å². The summed E-state index contributed by atoms with van der Waals surface area (Å²) in [5.74, 6) is -0.463. The topological polar surface area (TPSA) is 54.5 Å². The Morgan fingerprint density at radius 1 is 1.59 bits per heavy atom. The number of aryl methyl sites for hydroxylation is 1. The van der Waals surface area contributed by atoms with Gasteiger partial charge in [0, 0.05) is 11.9 Å². The summed E-state index contributed by atoms with van der Waals surface area (Å²) in [4.78, 5) is 17.5. The number of rotatable bonds is 5. The van der Waals surface area contributed by atoms with Gasteiger partial charge in [0.15, 0.2) is 0 Å². The first-order chi connectivity index (χ1) is 10.4. The SMILES string of the molecule is CCc1nc(CNC(=O)[C@@H]2COCCN2CC(F)(F)F)cs1. The number of hydrogen-bond donors (Lipinski definition) is 1. The van der Waals surface area contributed by atoms with E-state index in [9.17, 15) is 18.0 Å². The fraction of sp³-hybridized carbons (Fsp3) is 0.692. The van der Waals surface area contributed by atoms with Gasteiger partial charge in [0.1, 0.15) is 6.04 Å². The van der Waals surface area contributed by atoms with Crippen LogP contribution in [0, 0.1) is 0 Å². The van der Waals surface area contributed by atoms with Crippen molar-refractivity contribution in [2.75, 3.05) is 26.3 Å². The number of thiazole rings is 1. The number of morpholine rings is 1. The van der Waals surface area contributed by atoms with Gasteiger partial charge in [-0.2, -0.15) is 13.2 Å². The Morgan fingerprint density at radius 3 is 3.00 bits per heavy atom. The highest BCUT2D eigenvalue weighted by molar-refractivity contribution is 7.09. The molecule has 1 saturated heterocycles. The van der Waals surface area contributed by atoms with Crippen molar-refractivity contribution in [2.24, 2.45) is 0 Å². The number of ether oxygens (including phenoxy) is 1. The molecule has 0 spiro atoms. The van der Waals surface area contributed by atoms with Gasteiger partial charge in [0.25, 0.3) is 0 Å². The predicted octanol–water partition coefficient (Wildman–Crippen LogP) is 1.58. The third-order valence-electron chi connectivity index (χ3n) is 3.27. The molecule has 0 unspecified atom stereocenters. The monoisotopic (exact) mass is 337 g/mol. The molecule has 0 bridgehead atoms. The van der Waals surface area contributed by atoms with Crippen molar-refractivity contribution in [3.05, 3.63) is 16.1 Å². The molecule has 1 amide bonds. The van der Waals surface area contributed by atoms with E-state index in [2.05, 4.69) is 10.3 Å². The van der Waals surface area contributed by atoms with Crippen LogP contribution in [0.1, 0.15) is 17.6 Å². The zero-order valence-electron chi connectivity index (χ0n) is 12.2. The summed E-state index contributed by atoms with van der Waals surface area (Å²) in [5, 5.41) is 5.44. The molecule has 0 radical (unpaired) electrons. The second-order valence-corrected chi connectivity index (χ2v) is 5.92. The van der Waals surface area contributed by atoms with Crippen molar-refractivity contribution >= 4 is 17.2 Å². The van der Waals surface area contributed by atoms with E-state index in [-0.39, 0.29) is 26.3 Å². The number of carbonyl (C=O) groups excluding carboxylic acids is 1. The molecule has 1 aromatic rings. The molecule has 0 aliphatic carbocycles. The minimum absolute atomic E-state index is 0.0286. The molecular weight excluding hydrogens is 319 g/mol. The maximum Gasteiger partial charge on any atom is 0.401 e. The second kappa shape index (κ2) is 7.38. The van der Waals surface area contributed by atoms with Crippen LogP contribution in [0.3, 0.4) is 0 Å². The molecule has 1 fully saturated rings. The number of alkyl halides is 3. The van der Waals surface area contributed by atoms with Crippen LogP contribution < -0.4 is 5.32 Å². The quantitative estimate of drug-likeness (QED) is 0.886. The van der Waals surface area contributed by atoms with Crippen LogP contribution in [-0.2, 0) is 22.5 Å². The van der Waals surface area contributed by atoms with E-state index in [1.54, 1.807) is 0 Å². The van der Waals surface area contributed by atoms with Gasteiger partial charge in [0.2, 0.25) is 5.91 Å². The number of nitrogens with zero attached hydrogens (tertiary/aromatic N) is 2. The molecule has 0 saturated carbocycles. The van der Waals surface area contributed by atoms with E-state index < -0.39 is 24.7 Å². The predicted molar refractivity (Wildman–Crippen MR) is 75.6 cm³/mol. The molecule has 0 aromatic carbocycles. The van der Waals surface area contributed by atoms with Gasteiger partial charge in [-0.05, 0) is 6.42 Å². The Labute approximate surface area is 130 Å². The first-order valence-corrected chi connectivity index (χ1v) is 7.86. The van der Waals surface area contributed by atoms with Crippen molar-refractivity contribution in [2.45, 2.75) is 32.1 Å². The van der Waals surface area contributed by atoms with Crippen LogP contribution >= 0.6 is 11.3 Å². The lowest BCUT2D eigenvalue weighted by Crippen LogP contribution is -2.55. The Balaban J connectivity index is 1.91. The normalized spacial score (nSPS) is 20.1. The van der Waals surface area contributed by atoms with Crippen LogP contribution in [0.4, 0.5) is 13.2 Å². The minimum Gasteiger partial charge on any atom is -0.378 e. The summed E-state index contributed by atoms with van der Waals surface area (Å²) >= 11 is 1.50. The molecule has 1 aliphatic rings. The van der Waals surface area contributed by atoms with E-state index in [4.69, 9.17) is 4.74 Å². The van der Waals surface area contributed by atoms with E-state index in [1.807, 2.05) is 12.3 Å². The highest BCUT2D eigenvalue weighted by atomic mass is 32.1. The molecule has 9 heteroatoms. The molecule has 1 N–H and O–H groups in total. The number of amides is 1. The first-order valence-electron chi connectivity index (χ1n) is 6.98. The van der Waals surface area contributed by atoms with Crippen LogP contribution in [0.25, 0.3) is 0 Å². The summed E-state index contributed by atoms with van der Waals surface area (Å²) in [6, 6.07) is -0.917. The van der Waals surface area contributed by atoms with Crippen LogP contribution in [0.5, 0.6) is 0 Å². The molecule has 2 rings (SSSR count).